The standard InChI is InChI=1S/C29H36N4O4/c1-19-8-6-9-22(16-19)29(5)17-28(3,4)18-32(29)27(37)25(35)24(34)26(36)31-20(2)21-10-12-23(13-11-21)33-15-7-14-30-33/h6-16,20,24-25,34-35H,17-18H2,1-5H3,(H,31,36)/t20-,24-,25-,29+/m1/s1. The molecule has 8 nitrogen and oxygen atoms in total. The van der Waals surface area contributed by atoms with Gasteiger partial charge in [-0.05, 0) is 61.9 Å². The number of nitrogens with zero attached hydrogens (tertiary/aromatic N) is 3. The molecule has 0 saturated carbocycles. The van der Waals surface area contributed by atoms with Crippen LogP contribution in [0.2, 0.25) is 0 Å². The molecule has 2 amide bonds. The maximum atomic E-state index is 13.5. The van der Waals surface area contributed by atoms with Crippen LogP contribution in [0.1, 0.15) is 56.8 Å². The minimum absolute atomic E-state index is 0.196. The number of aromatic nitrogens is 2. The first-order chi connectivity index (χ1) is 17.4. The summed E-state index contributed by atoms with van der Waals surface area (Å²) in [4.78, 5) is 27.9. The summed E-state index contributed by atoms with van der Waals surface area (Å²) in [7, 11) is 0. The van der Waals surface area contributed by atoms with Crippen LogP contribution in [0.15, 0.2) is 67.0 Å². The molecule has 1 aromatic heterocycles. The van der Waals surface area contributed by atoms with Crippen molar-refractivity contribution in [1.29, 1.82) is 0 Å². The summed E-state index contributed by atoms with van der Waals surface area (Å²) in [6.07, 6.45) is 0.434. The number of carbonyl (C=O) groups is 2. The minimum atomic E-state index is -1.90. The van der Waals surface area contributed by atoms with E-state index in [2.05, 4.69) is 24.3 Å². The van der Waals surface area contributed by atoms with Gasteiger partial charge in [0.05, 0.1) is 17.3 Å². The summed E-state index contributed by atoms with van der Waals surface area (Å²) < 4.78 is 1.73. The van der Waals surface area contributed by atoms with E-state index in [1.807, 2.05) is 74.6 Å². The molecule has 3 aromatic rings. The zero-order valence-corrected chi connectivity index (χ0v) is 22.0. The van der Waals surface area contributed by atoms with Crippen molar-refractivity contribution in [2.24, 2.45) is 5.41 Å². The monoisotopic (exact) mass is 504 g/mol. The lowest BCUT2D eigenvalue weighted by Gasteiger charge is -2.37. The lowest BCUT2D eigenvalue weighted by molar-refractivity contribution is -0.156. The van der Waals surface area contributed by atoms with Gasteiger partial charge in [-0.3, -0.25) is 9.59 Å². The van der Waals surface area contributed by atoms with Gasteiger partial charge < -0.3 is 20.4 Å². The molecular weight excluding hydrogens is 468 g/mol. The first kappa shape index (κ1) is 26.6. The second-order valence-electron chi connectivity index (χ2n) is 11.1. The van der Waals surface area contributed by atoms with Gasteiger partial charge in [-0.1, -0.05) is 55.8 Å². The van der Waals surface area contributed by atoms with Crippen molar-refractivity contribution in [2.45, 2.75) is 64.8 Å². The molecule has 0 aliphatic carbocycles. The van der Waals surface area contributed by atoms with Crippen LogP contribution in [0, 0.1) is 12.3 Å². The number of aliphatic hydroxyl groups excluding tert-OH is 2. The molecule has 1 saturated heterocycles. The Bertz CT molecular complexity index is 1260. The second kappa shape index (κ2) is 10.1. The van der Waals surface area contributed by atoms with Crippen LogP contribution in [0.5, 0.6) is 0 Å². The van der Waals surface area contributed by atoms with Crippen molar-refractivity contribution in [3.63, 3.8) is 0 Å². The summed E-state index contributed by atoms with van der Waals surface area (Å²) in [5, 5.41) is 28.4. The van der Waals surface area contributed by atoms with E-state index in [4.69, 9.17) is 0 Å². The maximum absolute atomic E-state index is 13.5. The predicted octanol–water partition coefficient (Wildman–Crippen LogP) is 3.25. The molecule has 4 rings (SSSR count). The van der Waals surface area contributed by atoms with E-state index in [1.54, 1.807) is 22.7 Å². The number of benzene rings is 2. The molecule has 196 valence electrons. The Morgan fingerprint density at radius 1 is 1.03 bits per heavy atom. The van der Waals surface area contributed by atoms with Crippen LogP contribution < -0.4 is 5.32 Å². The van der Waals surface area contributed by atoms with Gasteiger partial charge in [-0.25, -0.2) is 4.68 Å². The van der Waals surface area contributed by atoms with Crippen molar-refractivity contribution in [2.75, 3.05) is 6.54 Å². The Labute approximate surface area is 217 Å². The van der Waals surface area contributed by atoms with Crippen molar-refractivity contribution >= 4 is 11.8 Å². The SMILES string of the molecule is Cc1cccc([C@]2(C)CC(C)(C)CN2C(=O)[C@H](O)[C@@H](O)C(=O)N[C@H](C)c2ccc(-n3cccn3)cc2)c1. The lowest BCUT2D eigenvalue weighted by atomic mass is 9.80. The summed E-state index contributed by atoms with van der Waals surface area (Å²) >= 11 is 0. The average molecular weight is 505 g/mol. The maximum Gasteiger partial charge on any atom is 0.255 e. The molecule has 4 atom stereocenters. The number of hydrogen-bond acceptors (Lipinski definition) is 5. The molecule has 0 unspecified atom stereocenters. The number of amides is 2. The quantitative estimate of drug-likeness (QED) is 0.458. The Hall–Kier alpha value is -3.49. The zero-order chi connectivity index (χ0) is 27.0. The van der Waals surface area contributed by atoms with E-state index in [0.29, 0.717) is 13.0 Å². The van der Waals surface area contributed by atoms with Gasteiger partial charge in [-0.2, -0.15) is 5.10 Å². The summed E-state index contributed by atoms with van der Waals surface area (Å²) in [6.45, 7) is 10.3. The number of aryl methyl sites for hydroxylation is 1. The smallest absolute Gasteiger partial charge is 0.255 e. The largest absolute Gasteiger partial charge is 0.380 e. The molecule has 2 heterocycles. The predicted molar refractivity (Wildman–Crippen MR) is 141 cm³/mol. The summed E-state index contributed by atoms with van der Waals surface area (Å²) in [6, 6.07) is 16.8. The fourth-order valence-electron chi connectivity index (χ4n) is 5.40. The van der Waals surface area contributed by atoms with Crippen LogP contribution in [0.4, 0.5) is 0 Å². The molecule has 8 heteroatoms. The molecular formula is C29H36N4O4. The molecule has 1 fully saturated rings. The van der Waals surface area contributed by atoms with Gasteiger partial charge in [0.15, 0.2) is 12.2 Å². The summed E-state index contributed by atoms with van der Waals surface area (Å²) in [5.41, 5.74) is 2.85. The number of hydrogen-bond donors (Lipinski definition) is 3. The average Bonchev–Trinajstić information content (AvgIpc) is 3.49. The third-order valence-corrected chi connectivity index (χ3v) is 7.25. The highest BCUT2D eigenvalue weighted by Crippen LogP contribution is 2.47. The van der Waals surface area contributed by atoms with Crippen LogP contribution >= 0.6 is 0 Å². The third kappa shape index (κ3) is 5.45. The molecule has 1 aliphatic rings. The number of rotatable bonds is 7. The van der Waals surface area contributed by atoms with Gasteiger partial charge in [0, 0.05) is 18.9 Å². The highest BCUT2D eigenvalue weighted by molar-refractivity contribution is 5.91. The van der Waals surface area contributed by atoms with Crippen LogP contribution in [0.25, 0.3) is 5.69 Å². The fraction of sp³-hybridized carbons (Fsp3) is 0.414. The van der Waals surface area contributed by atoms with Gasteiger partial charge in [-0.15, -0.1) is 0 Å². The Balaban J connectivity index is 1.46. The normalized spacial score (nSPS) is 21.3. The Kier molecular flexibility index (Phi) is 7.26. The minimum Gasteiger partial charge on any atom is -0.380 e. The van der Waals surface area contributed by atoms with Crippen LogP contribution in [-0.2, 0) is 15.1 Å². The number of carbonyl (C=O) groups excluding carboxylic acids is 2. The fourth-order valence-corrected chi connectivity index (χ4v) is 5.40. The Morgan fingerprint density at radius 2 is 1.73 bits per heavy atom. The van der Waals surface area contributed by atoms with E-state index in [1.165, 1.54) is 0 Å². The first-order valence-corrected chi connectivity index (χ1v) is 12.6. The Morgan fingerprint density at radius 3 is 2.35 bits per heavy atom. The van der Waals surface area contributed by atoms with Gasteiger partial charge in [0.25, 0.3) is 11.8 Å². The molecule has 0 bridgehead atoms. The first-order valence-electron chi connectivity index (χ1n) is 12.6. The molecule has 1 aliphatic heterocycles. The van der Waals surface area contributed by atoms with Crippen LogP contribution in [0.3, 0.4) is 0 Å². The summed E-state index contributed by atoms with van der Waals surface area (Å²) in [5.74, 6) is -1.46. The van der Waals surface area contributed by atoms with E-state index in [0.717, 1.165) is 22.4 Å². The van der Waals surface area contributed by atoms with Crippen molar-refractivity contribution in [3.05, 3.63) is 83.7 Å². The van der Waals surface area contributed by atoms with Crippen molar-refractivity contribution < 1.29 is 19.8 Å². The van der Waals surface area contributed by atoms with Gasteiger partial charge in [0.2, 0.25) is 0 Å². The highest BCUT2D eigenvalue weighted by Gasteiger charge is 2.51. The number of likely N-dealkylation sites (tertiary alicyclic amines) is 1. The highest BCUT2D eigenvalue weighted by atomic mass is 16.3. The van der Waals surface area contributed by atoms with E-state index in [9.17, 15) is 19.8 Å². The topological polar surface area (TPSA) is 108 Å². The van der Waals surface area contributed by atoms with Crippen molar-refractivity contribution in [3.8, 4) is 5.69 Å². The zero-order valence-electron chi connectivity index (χ0n) is 22.0. The lowest BCUT2D eigenvalue weighted by Crippen LogP contribution is -2.54. The van der Waals surface area contributed by atoms with Gasteiger partial charge in [0.1, 0.15) is 0 Å². The van der Waals surface area contributed by atoms with Gasteiger partial charge >= 0.3 is 0 Å². The molecule has 0 radical (unpaired) electrons. The van der Waals surface area contributed by atoms with Crippen molar-refractivity contribution in [1.82, 2.24) is 20.0 Å². The van der Waals surface area contributed by atoms with E-state index >= 15 is 0 Å². The molecule has 3 N–H and O–H groups in total. The molecule has 0 spiro atoms. The molecule has 37 heavy (non-hydrogen) atoms. The molecule has 2 aromatic carbocycles. The van der Waals surface area contributed by atoms with Crippen LogP contribution in [-0.4, -0.2) is 55.5 Å². The number of aliphatic hydroxyl groups is 2. The van der Waals surface area contributed by atoms with E-state index < -0.39 is 35.6 Å². The number of nitrogens with one attached hydrogen (secondary N) is 1. The van der Waals surface area contributed by atoms with E-state index in [-0.39, 0.29) is 5.41 Å². The second-order valence-corrected chi connectivity index (χ2v) is 11.1. The third-order valence-electron chi connectivity index (χ3n) is 7.25.